The first-order valence-corrected chi connectivity index (χ1v) is 17.1. The van der Waals surface area contributed by atoms with Crippen molar-refractivity contribution in [3.63, 3.8) is 0 Å². The van der Waals surface area contributed by atoms with Crippen LogP contribution in [0.5, 0.6) is 5.75 Å². The Morgan fingerprint density at radius 3 is 2.34 bits per heavy atom. The molecule has 8 nitrogen and oxygen atoms in total. The summed E-state index contributed by atoms with van der Waals surface area (Å²) in [6, 6.07) is 19.6. The van der Waals surface area contributed by atoms with Gasteiger partial charge in [-0.1, -0.05) is 79.7 Å². The molecule has 0 unspecified atom stereocenters. The van der Waals surface area contributed by atoms with Gasteiger partial charge in [-0.05, 0) is 75.1 Å². The largest absolute Gasteiger partial charge is 0.492 e. The normalized spacial score (nSPS) is 14.5. The van der Waals surface area contributed by atoms with Crippen molar-refractivity contribution in [1.29, 1.82) is 0 Å². The van der Waals surface area contributed by atoms with Crippen LogP contribution in [0.1, 0.15) is 63.5 Å². The third kappa shape index (κ3) is 8.33. The Kier molecular flexibility index (Phi) is 11.7. The van der Waals surface area contributed by atoms with Crippen molar-refractivity contribution in [3.8, 4) is 5.75 Å². The molecule has 1 atom stereocenters. The number of carbonyl (C=O) groups is 2. The Labute approximate surface area is 266 Å². The topological polar surface area (TPSA) is 96.0 Å². The van der Waals surface area contributed by atoms with Crippen LogP contribution in [0.3, 0.4) is 0 Å². The molecule has 3 aromatic rings. The summed E-state index contributed by atoms with van der Waals surface area (Å²) in [5, 5.41) is 3.57. The Hall–Kier alpha value is -3.56. The lowest BCUT2D eigenvalue weighted by atomic mass is 9.95. The quantitative estimate of drug-likeness (QED) is 0.230. The van der Waals surface area contributed by atoms with E-state index in [1.807, 2.05) is 38.1 Å². The molecule has 0 bridgehead atoms. The fourth-order valence-electron chi connectivity index (χ4n) is 5.66. The minimum Gasteiger partial charge on any atom is -0.492 e. The molecule has 10 heteroatoms. The third-order valence-corrected chi connectivity index (χ3v) is 9.91. The van der Waals surface area contributed by atoms with Crippen LogP contribution < -0.4 is 14.4 Å². The molecule has 1 N–H and O–H groups in total. The van der Waals surface area contributed by atoms with E-state index in [1.165, 1.54) is 29.2 Å². The molecular formula is C34H42ClN3O5S. The molecule has 1 saturated carbocycles. The molecule has 0 aliphatic heterocycles. The van der Waals surface area contributed by atoms with Crippen LogP contribution in [-0.4, -0.2) is 50.4 Å². The summed E-state index contributed by atoms with van der Waals surface area (Å²) < 4.78 is 35.2. The first-order valence-electron chi connectivity index (χ1n) is 15.3. The van der Waals surface area contributed by atoms with Crippen molar-refractivity contribution in [3.05, 3.63) is 88.9 Å². The van der Waals surface area contributed by atoms with E-state index in [2.05, 4.69) is 5.32 Å². The van der Waals surface area contributed by atoms with Gasteiger partial charge in [-0.15, -0.1) is 0 Å². The van der Waals surface area contributed by atoms with Crippen LogP contribution in [0.25, 0.3) is 0 Å². The van der Waals surface area contributed by atoms with Gasteiger partial charge in [-0.2, -0.15) is 0 Å². The highest BCUT2D eigenvalue weighted by molar-refractivity contribution is 7.92. The number of hydrogen-bond acceptors (Lipinski definition) is 5. The van der Waals surface area contributed by atoms with Crippen LogP contribution in [0.4, 0.5) is 5.69 Å². The van der Waals surface area contributed by atoms with E-state index in [0.717, 1.165) is 47.5 Å². The van der Waals surface area contributed by atoms with Gasteiger partial charge in [-0.25, -0.2) is 8.42 Å². The average molecular weight is 640 g/mol. The van der Waals surface area contributed by atoms with Gasteiger partial charge < -0.3 is 15.0 Å². The number of ether oxygens (including phenoxy) is 1. The molecule has 2 amide bonds. The molecule has 3 aromatic carbocycles. The fourth-order valence-corrected chi connectivity index (χ4v) is 7.21. The number of aryl methyl sites for hydroxylation is 1. The van der Waals surface area contributed by atoms with Gasteiger partial charge in [0.1, 0.15) is 18.3 Å². The second-order valence-electron chi connectivity index (χ2n) is 11.1. The molecule has 1 fully saturated rings. The summed E-state index contributed by atoms with van der Waals surface area (Å²) in [5.41, 5.74) is 2.10. The van der Waals surface area contributed by atoms with Gasteiger partial charge in [0.2, 0.25) is 11.8 Å². The summed E-state index contributed by atoms with van der Waals surface area (Å²) in [6.07, 6.45) is 5.47. The van der Waals surface area contributed by atoms with Crippen molar-refractivity contribution >= 4 is 39.1 Å². The lowest BCUT2D eigenvalue weighted by Crippen LogP contribution is -2.54. The molecular weight excluding hydrogens is 598 g/mol. The minimum atomic E-state index is -4.25. The van der Waals surface area contributed by atoms with E-state index in [0.29, 0.717) is 23.8 Å². The highest BCUT2D eigenvalue weighted by Gasteiger charge is 2.35. The van der Waals surface area contributed by atoms with Gasteiger partial charge in [0.15, 0.2) is 0 Å². The van der Waals surface area contributed by atoms with Crippen molar-refractivity contribution in [2.75, 3.05) is 17.5 Å². The number of nitrogens with one attached hydrogen (secondary N) is 1. The summed E-state index contributed by atoms with van der Waals surface area (Å²) in [6.45, 7) is 5.56. The Morgan fingerprint density at radius 1 is 0.977 bits per heavy atom. The van der Waals surface area contributed by atoms with Crippen LogP contribution >= 0.6 is 11.6 Å². The Bertz CT molecular complexity index is 1520. The maximum Gasteiger partial charge on any atom is 0.264 e. The van der Waals surface area contributed by atoms with Gasteiger partial charge in [-0.3, -0.25) is 13.9 Å². The molecule has 1 aliphatic rings. The molecule has 236 valence electrons. The molecule has 0 spiro atoms. The molecule has 44 heavy (non-hydrogen) atoms. The first kappa shape index (κ1) is 33.3. The number of benzene rings is 3. The maximum atomic E-state index is 14.4. The molecule has 0 aromatic heterocycles. The van der Waals surface area contributed by atoms with E-state index in [4.69, 9.17) is 16.3 Å². The number of anilines is 1. The SMILES string of the molecule is CCOc1ccccc1N(CC(=O)N(Cc1cccc(C)c1)[C@@H](CC)C(=O)NC1CCCCC1)S(=O)(=O)c1ccc(Cl)cc1. The molecule has 0 saturated heterocycles. The van der Waals surface area contributed by atoms with Crippen molar-refractivity contribution in [1.82, 2.24) is 10.2 Å². The first-order chi connectivity index (χ1) is 21.1. The van der Waals surface area contributed by atoms with Gasteiger partial charge >= 0.3 is 0 Å². The predicted octanol–water partition coefficient (Wildman–Crippen LogP) is 6.50. The van der Waals surface area contributed by atoms with E-state index in [-0.39, 0.29) is 29.1 Å². The van der Waals surface area contributed by atoms with E-state index in [1.54, 1.807) is 31.2 Å². The number of amides is 2. The zero-order valence-corrected chi connectivity index (χ0v) is 27.2. The maximum absolute atomic E-state index is 14.4. The zero-order chi connectivity index (χ0) is 31.7. The Morgan fingerprint density at radius 2 is 1.68 bits per heavy atom. The van der Waals surface area contributed by atoms with Crippen molar-refractivity contribution in [2.45, 2.75) is 82.8 Å². The lowest BCUT2D eigenvalue weighted by Gasteiger charge is -2.34. The summed E-state index contributed by atoms with van der Waals surface area (Å²) >= 11 is 6.06. The summed E-state index contributed by atoms with van der Waals surface area (Å²) in [5.74, 6) is -0.393. The van der Waals surface area contributed by atoms with Crippen LogP contribution in [0, 0.1) is 6.92 Å². The monoisotopic (exact) mass is 639 g/mol. The number of para-hydroxylation sites is 2. The highest BCUT2D eigenvalue weighted by atomic mass is 35.5. The molecule has 0 heterocycles. The predicted molar refractivity (Wildman–Crippen MR) is 174 cm³/mol. The number of rotatable bonds is 13. The number of sulfonamides is 1. The second kappa shape index (κ2) is 15.4. The third-order valence-electron chi connectivity index (χ3n) is 7.89. The van der Waals surface area contributed by atoms with Gasteiger partial charge in [0.05, 0.1) is 17.2 Å². The molecule has 1 aliphatic carbocycles. The van der Waals surface area contributed by atoms with E-state index < -0.39 is 28.5 Å². The smallest absolute Gasteiger partial charge is 0.264 e. The molecule has 0 radical (unpaired) electrons. The van der Waals surface area contributed by atoms with Gasteiger partial charge in [0.25, 0.3) is 10.0 Å². The van der Waals surface area contributed by atoms with Crippen molar-refractivity contribution < 1.29 is 22.7 Å². The van der Waals surface area contributed by atoms with Gasteiger partial charge in [0, 0.05) is 17.6 Å². The standard InChI is InChI=1S/C34H42ClN3O5S/c1-4-30(34(40)36-28-14-7-6-8-15-28)37(23-26-13-11-12-25(3)22-26)33(39)24-38(31-16-9-10-17-32(31)43-5-2)44(41,42)29-20-18-27(35)19-21-29/h9-13,16-22,28,30H,4-8,14-15,23-24H2,1-3H3,(H,36,40)/t30-/m0/s1. The summed E-state index contributed by atoms with van der Waals surface area (Å²) in [7, 11) is -4.25. The van der Waals surface area contributed by atoms with Crippen molar-refractivity contribution in [2.24, 2.45) is 0 Å². The van der Waals surface area contributed by atoms with E-state index in [9.17, 15) is 18.0 Å². The number of halogens is 1. The van der Waals surface area contributed by atoms with E-state index >= 15 is 0 Å². The average Bonchev–Trinajstić information content (AvgIpc) is 3.01. The second-order valence-corrected chi connectivity index (χ2v) is 13.4. The fraction of sp³-hybridized carbons (Fsp3) is 0.412. The number of nitrogens with zero attached hydrogens (tertiary/aromatic N) is 2. The van der Waals surface area contributed by atoms with Crippen LogP contribution in [-0.2, 0) is 26.2 Å². The van der Waals surface area contributed by atoms with Crippen LogP contribution in [0.15, 0.2) is 77.7 Å². The number of hydrogen-bond donors (Lipinski definition) is 1. The molecule has 4 rings (SSSR count). The highest BCUT2D eigenvalue weighted by Crippen LogP contribution is 2.33. The lowest BCUT2D eigenvalue weighted by molar-refractivity contribution is -0.140. The Balaban J connectivity index is 1.74. The minimum absolute atomic E-state index is 0.0201. The zero-order valence-electron chi connectivity index (χ0n) is 25.7. The van der Waals surface area contributed by atoms with Crippen LogP contribution in [0.2, 0.25) is 5.02 Å². The summed E-state index contributed by atoms with van der Waals surface area (Å²) in [4.78, 5) is 29.6. The number of carbonyl (C=O) groups excluding carboxylic acids is 2.